The molecular weight excluding hydrogens is 406 g/mol. The second-order valence-electron chi connectivity index (χ2n) is 9.21. The van der Waals surface area contributed by atoms with E-state index in [1.165, 1.54) is 6.92 Å². The Bertz CT molecular complexity index is 1160. The Morgan fingerprint density at radius 2 is 2.06 bits per heavy atom. The van der Waals surface area contributed by atoms with E-state index in [0.717, 1.165) is 30.5 Å². The van der Waals surface area contributed by atoms with Gasteiger partial charge in [-0.2, -0.15) is 5.11 Å². The predicted molar refractivity (Wildman–Crippen MR) is 118 cm³/mol. The van der Waals surface area contributed by atoms with Gasteiger partial charge in [0.15, 0.2) is 17.6 Å². The van der Waals surface area contributed by atoms with Gasteiger partial charge in [0.2, 0.25) is 0 Å². The molecular formula is C25H25N3O4. The Kier molecular flexibility index (Phi) is 4.21. The number of rotatable bonds is 3. The van der Waals surface area contributed by atoms with Crippen molar-refractivity contribution in [3.05, 3.63) is 59.7 Å². The van der Waals surface area contributed by atoms with Gasteiger partial charge in [-0.1, -0.05) is 24.3 Å². The minimum absolute atomic E-state index is 0.00455. The molecule has 1 N–H and O–H groups in total. The quantitative estimate of drug-likeness (QED) is 0.448. The van der Waals surface area contributed by atoms with E-state index < -0.39 is 6.10 Å². The highest BCUT2D eigenvalue weighted by molar-refractivity contribution is 5.71. The number of piperidine rings is 1. The van der Waals surface area contributed by atoms with Gasteiger partial charge < -0.3 is 19.5 Å². The molecule has 2 aromatic rings. The highest BCUT2D eigenvalue weighted by Gasteiger charge is 2.65. The van der Waals surface area contributed by atoms with Crippen molar-refractivity contribution in [3.63, 3.8) is 0 Å². The SMILES string of the molecule is CC(=O)O[C@H]1C=C[C@H]2[C@H]3Cc4cc(N=Nc5ccccc5)c(O)c5c4[C@@]2(CCN3C)[C@H]1O5. The zero-order valence-electron chi connectivity index (χ0n) is 18.1. The van der Waals surface area contributed by atoms with Crippen molar-refractivity contribution in [1.82, 2.24) is 4.90 Å². The average Bonchev–Trinajstić information content (AvgIpc) is 3.14. The number of hydrogen-bond acceptors (Lipinski definition) is 7. The van der Waals surface area contributed by atoms with E-state index in [9.17, 15) is 9.90 Å². The van der Waals surface area contributed by atoms with E-state index in [1.54, 1.807) is 0 Å². The van der Waals surface area contributed by atoms with Gasteiger partial charge in [0.05, 0.1) is 5.69 Å². The summed E-state index contributed by atoms with van der Waals surface area (Å²) in [4.78, 5) is 14.2. The summed E-state index contributed by atoms with van der Waals surface area (Å²) in [5.74, 6) is 0.382. The first-order chi connectivity index (χ1) is 15.5. The molecule has 2 heterocycles. The molecule has 2 bridgehead atoms. The van der Waals surface area contributed by atoms with Gasteiger partial charge in [0.1, 0.15) is 11.8 Å². The molecule has 2 aliphatic heterocycles. The topological polar surface area (TPSA) is 83.7 Å². The molecule has 1 saturated heterocycles. The van der Waals surface area contributed by atoms with Gasteiger partial charge >= 0.3 is 5.97 Å². The first-order valence-electron chi connectivity index (χ1n) is 11.1. The monoisotopic (exact) mass is 431 g/mol. The summed E-state index contributed by atoms with van der Waals surface area (Å²) in [6, 6.07) is 11.7. The molecule has 4 aliphatic rings. The van der Waals surface area contributed by atoms with Crippen molar-refractivity contribution in [2.45, 2.75) is 43.4 Å². The minimum Gasteiger partial charge on any atom is -0.503 e. The lowest BCUT2D eigenvalue weighted by molar-refractivity contribution is -0.152. The Balaban J connectivity index is 1.50. The van der Waals surface area contributed by atoms with E-state index >= 15 is 0 Å². The first-order valence-corrected chi connectivity index (χ1v) is 11.1. The van der Waals surface area contributed by atoms with Crippen molar-refractivity contribution >= 4 is 17.3 Å². The zero-order chi connectivity index (χ0) is 22.0. The smallest absolute Gasteiger partial charge is 0.303 e. The summed E-state index contributed by atoms with van der Waals surface area (Å²) in [5.41, 5.74) is 2.99. The van der Waals surface area contributed by atoms with Gasteiger partial charge in [-0.15, -0.1) is 5.11 Å². The van der Waals surface area contributed by atoms with E-state index in [1.807, 2.05) is 42.5 Å². The van der Waals surface area contributed by atoms with E-state index in [2.05, 4.69) is 28.3 Å². The van der Waals surface area contributed by atoms with Crippen LogP contribution >= 0.6 is 0 Å². The van der Waals surface area contributed by atoms with E-state index in [4.69, 9.17) is 9.47 Å². The average molecular weight is 431 g/mol. The number of carbonyl (C=O) groups excluding carboxylic acids is 1. The summed E-state index contributed by atoms with van der Waals surface area (Å²) in [6.07, 6.45) is 5.04. The van der Waals surface area contributed by atoms with Crippen LogP contribution in [0.25, 0.3) is 0 Å². The Hall–Kier alpha value is -3.19. The molecule has 0 saturated carbocycles. The molecule has 0 aromatic heterocycles. The maximum atomic E-state index is 11.8. The number of phenolic OH excluding ortho intramolecular Hbond substituents is 1. The fourth-order valence-electron chi connectivity index (χ4n) is 6.26. The normalized spacial score (nSPS) is 31.9. The maximum Gasteiger partial charge on any atom is 0.303 e. The summed E-state index contributed by atoms with van der Waals surface area (Å²) >= 11 is 0. The molecule has 1 fully saturated rings. The van der Waals surface area contributed by atoms with Crippen LogP contribution in [0.2, 0.25) is 0 Å². The molecule has 0 unspecified atom stereocenters. The largest absolute Gasteiger partial charge is 0.503 e. The first kappa shape index (κ1) is 19.5. The maximum absolute atomic E-state index is 11.8. The number of carbonyl (C=O) groups is 1. The number of likely N-dealkylation sites (tertiary alicyclic amines) is 1. The highest BCUT2D eigenvalue weighted by Crippen LogP contribution is 2.64. The van der Waals surface area contributed by atoms with Crippen LogP contribution in [0.5, 0.6) is 11.5 Å². The third-order valence-corrected chi connectivity index (χ3v) is 7.56. The van der Waals surface area contributed by atoms with Crippen molar-refractivity contribution < 1.29 is 19.4 Å². The molecule has 1 spiro atoms. The Morgan fingerprint density at radius 1 is 1.25 bits per heavy atom. The number of benzene rings is 2. The van der Waals surface area contributed by atoms with Crippen LogP contribution in [0, 0.1) is 5.92 Å². The molecule has 5 atom stereocenters. The number of hydrogen-bond donors (Lipinski definition) is 1. The number of azo groups is 1. The molecule has 32 heavy (non-hydrogen) atoms. The van der Waals surface area contributed by atoms with Gasteiger partial charge in [0.25, 0.3) is 0 Å². The second kappa shape index (κ2) is 6.90. The van der Waals surface area contributed by atoms with Crippen molar-refractivity contribution in [3.8, 4) is 11.5 Å². The lowest BCUT2D eigenvalue weighted by Crippen LogP contribution is -2.65. The highest BCUT2D eigenvalue weighted by atomic mass is 16.6. The fraction of sp³-hybridized carbons (Fsp3) is 0.400. The Morgan fingerprint density at radius 3 is 2.84 bits per heavy atom. The van der Waals surface area contributed by atoms with Gasteiger partial charge in [-0.05, 0) is 56.3 Å². The molecule has 2 aliphatic carbocycles. The number of aromatic hydroxyl groups is 1. The number of likely N-dealkylation sites (N-methyl/N-ethyl adjacent to an activating group) is 1. The lowest BCUT2D eigenvalue weighted by Gasteiger charge is -2.56. The van der Waals surface area contributed by atoms with Crippen molar-refractivity contribution in [2.75, 3.05) is 13.6 Å². The lowest BCUT2D eigenvalue weighted by atomic mass is 9.53. The molecule has 0 amide bonds. The number of ether oxygens (including phenoxy) is 2. The predicted octanol–water partition coefficient (Wildman–Crippen LogP) is 4.18. The van der Waals surface area contributed by atoms with Crippen LogP contribution in [0.3, 0.4) is 0 Å². The molecule has 7 heteroatoms. The third kappa shape index (κ3) is 2.60. The van der Waals surface area contributed by atoms with Crippen LogP contribution in [0.1, 0.15) is 24.5 Å². The van der Waals surface area contributed by atoms with Gasteiger partial charge in [-0.25, -0.2) is 0 Å². The standard InChI is InChI=1S/C25H25N3O4/c1-14(29)31-20-9-8-17-19-13-15-12-18(27-26-16-6-4-3-5-7-16)22(30)23-21(15)25(17,24(20)32-23)10-11-28(19)2/h3-9,12,17,19-20,24,30H,10-11,13H2,1-2H3/t17-,19+,20-,24-,25-/m0/s1. The number of phenols is 1. The van der Waals surface area contributed by atoms with E-state index in [0.29, 0.717) is 23.2 Å². The molecule has 164 valence electrons. The van der Waals surface area contributed by atoms with Crippen LogP contribution < -0.4 is 4.74 Å². The molecule has 7 nitrogen and oxygen atoms in total. The van der Waals surface area contributed by atoms with E-state index in [-0.39, 0.29) is 29.2 Å². The number of esters is 1. The summed E-state index contributed by atoms with van der Waals surface area (Å²) in [5, 5.41) is 19.8. The summed E-state index contributed by atoms with van der Waals surface area (Å²) < 4.78 is 12.1. The summed E-state index contributed by atoms with van der Waals surface area (Å²) in [7, 11) is 2.16. The Labute approximate surface area is 186 Å². The van der Waals surface area contributed by atoms with Crippen molar-refractivity contribution in [2.24, 2.45) is 16.1 Å². The van der Waals surface area contributed by atoms with Gasteiger partial charge in [-0.3, -0.25) is 4.79 Å². The third-order valence-electron chi connectivity index (χ3n) is 7.56. The minimum atomic E-state index is -0.486. The molecule has 6 rings (SSSR count). The van der Waals surface area contributed by atoms with Crippen LogP contribution in [-0.4, -0.2) is 47.8 Å². The molecule has 2 aromatic carbocycles. The second-order valence-corrected chi connectivity index (χ2v) is 9.21. The van der Waals surface area contributed by atoms with Crippen LogP contribution in [-0.2, 0) is 21.4 Å². The summed E-state index contributed by atoms with van der Waals surface area (Å²) in [6.45, 7) is 2.35. The van der Waals surface area contributed by atoms with Crippen LogP contribution in [0.15, 0.2) is 58.8 Å². The van der Waals surface area contributed by atoms with Gasteiger partial charge in [0, 0.05) is 29.9 Å². The molecule has 0 radical (unpaired) electrons. The van der Waals surface area contributed by atoms with Crippen molar-refractivity contribution in [1.29, 1.82) is 0 Å². The fourth-order valence-corrected chi connectivity index (χ4v) is 6.26. The van der Waals surface area contributed by atoms with Crippen LogP contribution in [0.4, 0.5) is 11.4 Å². The number of nitrogens with zero attached hydrogens (tertiary/aromatic N) is 3. The zero-order valence-corrected chi connectivity index (χ0v) is 18.1.